The van der Waals surface area contributed by atoms with Crippen molar-refractivity contribution < 1.29 is 14.3 Å². The van der Waals surface area contributed by atoms with E-state index in [1.54, 1.807) is 30.0 Å². The van der Waals surface area contributed by atoms with E-state index < -0.39 is 0 Å². The third-order valence-corrected chi connectivity index (χ3v) is 4.64. The standard InChI is InChI=1S/C18H26Cl2N4O3.HI/c1-2-26-18(25)24-9-6-14(7-10-24)23-17(21)22-8-3-11-27-16-5-4-13(19)12-15(16)20;/h4-5,12,14H,2-3,6-11H2,1H3,(H3,21,22,23);1H. The zero-order chi connectivity index (χ0) is 19.6. The molecule has 158 valence electrons. The molecule has 1 saturated heterocycles. The Morgan fingerprint density at radius 1 is 1.36 bits per heavy atom. The normalized spacial score (nSPS) is 15.0. The van der Waals surface area contributed by atoms with Crippen LogP contribution in [-0.2, 0) is 4.74 Å². The highest BCUT2D eigenvalue weighted by Crippen LogP contribution is 2.27. The number of rotatable bonds is 7. The fourth-order valence-corrected chi connectivity index (χ4v) is 3.18. The number of amides is 1. The van der Waals surface area contributed by atoms with Gasteiger partial charge >= 0.3 is 6.09 Å². The summed E-state index contributed by atoms with van der Waals surface area (Å²) in [6.07, 6.45) is 2.08. The lowest BCUT2D eigenvalue weighted by Gasteiger charge is -2.31. The highest BCUT2D eigenvalue weighted by molar-refractivity contribution is 14.0. The van der Waals surface area contributed by atoms with E-state index in [4.69, 9.17) is 38.4 Å². The number of hydrogen-bond acceptors (Lipinski definition) is 4. The van der Waals surface area contributed by atoms with Crippen LogP contribution < -0.4 is 15.8 Å². The molecular formula is C18H27Cl2IN4O3. The van der Waals surface area contributed by atoms with Crippen molar-refractivity contribution in [3.8, 4) is 5.75 Å². The minimum absolute atomic E-state index is 0. The van der Waals surface area contributed by atoms with Gasteiger partial charge in [0.25, 0.3) is 0 Å². The molecule has 0 aliphatic carbocycles. The average Bonchev–Trinajstić information content (AvgIpc) is 2.64. The van der Waals surface area contributed by atoms with Gasteiger partial charge in [0.1, 0.15) is 5.75 Å². The maximum absolute atomic E-state index is 11.7. The molecule has 0 atom stereocenters. The van der Waals surface area contributed by atoms with E-state index in [0.29, 0.717) is 61.0 Å². The van der Waals surface area contributed by atoms with Crippen LogP contribution in [0.15, 0.2) is 23.2 Å². The van der Waals surface area contributed by atoms with Crippen LogP contribution in [0.2, 0.25) is 10.0 Å². The van der Waals surface area contributed by atoms with Crippen LogP contribution in [0.1, 0.15) is 26.2 Å². The number of carbonyl (C=O) groups is 1. The molecular weight excluding hydrogens is 518 g/mol. The first kappa shape index (κ1) is 24.9. The summed E-state index contributed by atoms with van der Waals surface area (Å²) in [7, 11) is 0. The summed E-state index contributed by atoms with van der Waals surface area (Å²) >= 11 is 11.9. The molecule has 1 aromatic carbocycles. The number of hydrogen-bond donors (Lipinski definition) is 2. The monoisotopic (exact) mass is 544 g/mol. The van der Waals surface area contributed by atoms with Gasteiger partial charge in [-0.3, -0.25) is 4.99 Å². The molecule has 1 fully saturated rings. The predicted molar refractivity (Wildman–Crippen MR) is 123 cm³/mol. The molecule has 0 spiro atoms. The van der Waals surface area contributed by atoms with Crippen LogP contribution >= 0.6 is 47.2 Å². The molecule has 28 heavy (non-hydrogen) atoms. The SMILES string of the molecule is CCOC(=O)N1CCC(NC(N)=NCCCOc2ccc(Cl)cc2Cl)CC1.I. The second kappa shape index (κ2) is 13.2. The third-order valence-electron chi connectivity index (χ3n) is 4.11. The van der Waals surface area contributed by atoms with E-state index >= 15 is 0 Å². The van der Waals surface area contributed by atoms with Crippen molar-refractivity contribution in [2.24, 2.45) is 10.7 Å². The van der Waals surface area contributed by atoms with Crippen molar-refractivity contribution in [3.05, 3.63) is 28.2 Å². The van der Waals surface area contributed by atoms with Gasteiger partial charge in [-0.2, -0.15) is 0 Å². The number of guanidine groups is 1. The van der Waals surface area contributed by atoms with Gasteiger partial charge in [-0.15, -0.1) is 24.0 Å². The largest absolute Gasteiger partial charge is 0.492 e. The predicted octanol–water partition coefficient (Wildman–Crippen LogP) is 3.91. The molecule has 0 bridgehead atoms. The van der Waals surface area contributed by atoms with Crippen molar-refractivity contribution in [2.45, 2.75) is 32.2 Å². The topological polar surface area (TPSA) is 89.2 Å². The third kappa shape index (κ3) is 8.48. The van der Waals surface area contributed by atoms with Gasteiger partial charge < -0.3 is 25.4 Å². The first-order chi connectivity index (χ1) is 13.0. The number of nitrogens with one attached hydrogen (secondary N) is 1. The molecule has 1 amide bonds. The molecule has 7 nitrogen and oxygen atoms in total. The molecule has 1 aliphatic heterocycles. The van der Waals surface area contributed by atoms with Crippen LogP contribution in [0, 0.1) is 0 Å². The number of piperidine rings is 1. The van der Waals surface area contributed by atoms with E-state index in [-0.39, 0.29) is 36.1 Å². The molecule has 3 N–H and O–H groups in total. The minimum Gasteiger partial charge on any atom is -0.492 e. The van der Waals surface area contributed by atoms with E-state index in [2.05, 4.69) is 10.3 Å². The summed E-state index contributed by atoms with van der Waals surface area (Å²) in [5, 5.41) is 4.27. The second-order valence-electron chi connectivity index (χ2n) is 6.15. The lowest BCUT2D eigenvalue weighted by atomic mass is 10.1. The van der Waals surface area contributed by atoms with Crippen LogP contribution in [0.4, 0.5) is 4.79 Å². The van der Waals surface area contributed by atoms with Crippen molar-refractivity contribution >= 4 is 59.2 Å². The number of halogens is 3. The maximum Gasteiger partial charge on any atom is 0.409 e. The van der Waals surface area contributed by atoms with Gasteiger partial charge in [0.15, 0.2) is 5.96 Å². The summed E-state index contributed by atoms with van der Waals surface area (Å²) < 4.78 is 10.6. The quantitative estimate of drug-likeness (QED) is 0.235. The summed E-state index contributed by atoms with van der Waals surface area (Å²) in [5.74, 6) is 1.01. The minimum atomic E-state index is -0.252. The molecule has 0 unspecified atom stereocenters. The van der Waals surface area contributed by atoms with E-state index in [1.807, 2.05) is 0 Å². The van der Waals surface area contributed by atoms with Gasteiger partial charge in [-0.25, -0.2) is 4.79 Å². The first-order valence-corrected chi connectivity index (χ1v) is 9.81. The average molecular weight is 545 g/mol. The lowest BCUT2D eigenvalue weighted by molar-refractivity contribution is 0.0963. The Balaban J connectivity index is 0.00000392. The lowest BCUT2D eigenvalue weighted by Crippen LogP contribution is -2.48. The number of nitrogens with two attached hydrogens (primary N) is 1. The van der Waals surface area contributed by atoms with Gasteiger partial charge in [-0.1, -0.05) is 23.2 Å². The Kier molecular flexibility index (Phi) is 11.7. The fourth-order valence-electron chi connectivity index (χ4n) is 2.71. The van der Waals surface area contributed by atoms with E-state index in [1.165, 1.54) is 0 Å². The smallest absolute Gasteiger partial charge is 0.409 e. The van der Waals surface area contributed by atoms with Crippen LogP contribution in [-0.4, -0.2) is 55.8 Å². The number of likely N-dealkylation sites (tertiary alicyclic amines) is 1. The number of nitrogens with zero attached hydrogens (tertiary/aromatic N) is 2. The van der Waals surface area contributed by atoms with Crippen molar-refractivity contribution in [2.75, 3.05) is 32.8 Å². The molecule has 0 saturated carbocycles. The number of ether oxygens (including phenoxy) is 2. The number of benzene rings is 1. The molecule has 1 aromatic rings. The van der Waals surface area contributed by atoms with Crippen molar-refractivity contribution in [3.63, 3.8) is 0 Å². The molecule has 1 aliphatic rings. The Morgan fingerprint density at radius 2 is 2.07 bits per heavy atom. The summed E-state index contributed by atoms with van der Waals surface area (Å²) in [5.41, 5.74) is 5.94. The molecule has 2 rings (SSSR count). The number of aliphatic imine (C=N–C) groups is 1. The zero-order valence-corrected chi connectivity index (χ0v) is 19.7. The van der Waals surface area contributed by atoms with Gasteiger partial charge in [0, 0.05) is 37.1 Å². The Morgan fingerprint density at radius 3 is 2.71 bits per heavy atom. The fraction of sp³-hybridized carbons (Fsp3) is 0.556. The summed E-state index contributed by atoms with van der Waals surface area (Å²) in [4.78, 5) is 17.7. The van der Waals surface area contributed by atoms with E-state index in [0.717, 1.165) is 12.8 Å². The first-order valence-electron chi connectivity index (χ1n) is 9.05. The Labute approximate surface area is 192 Å². The van der Waals surface area contributed by atoms with Crippen LogP contribution in [0.3, 0.4) is 0 Å². The molecule has 0 aromatic heterocycles. The van der Waals surface area contributed by atoms with Gasteiger partial charge in [0.05, 0.1) is 18.2 Å². The van der Waals surface area contributed by atoms with Gasteiger partial charge in [0.2, 0.25) is 0 Å². The number of carbonyl (C=O) groups excluding carboxylic acids is 1. The molecule has 1 heterocycles. The van der Waals surface area contributed by atoms with Crippen molar-refractivity contribution in [1.82, 2.24) is 10.2 Å². The van der Waals surface area contributed by atoms with Gasteiger partial charge in [-0.05, 0) is 38.0 Å². The molecule has 0 radical (unpaired) electrons. The zero-order valence-electron chi connectivity index (χ0n) is 15.8. The van der Waals surface area contributed by atoms with Crippen molar-refractivity contribution in [1.29, 1.82) is 0 Å². The Hall–Kier alpha value is -1.13. The van der Waals surface area contributed by atoms with Crippen LogP contribution in [0.25, 0.3) is 0 Å². The summed E-state index contributed by atoms with van der Waals surface area (Å²) in [6.45, 7) is 4.53. The van der Waals surface area contributed by atoms with Crippen LogP contribution in [0.5, 0.6) is 5.75 Å². The second-order valence-corrected chi connectivity index (χ2v) is 6.99. The Bertz CT molecular complexity index is 656. The highest BCUT2D eigenvalue weighted by Gasteiger charge is 2.23. The summed E-state index contributed by atoms with van der Waals surface area (Å²) in [6, 6.07) is 5.33. The highest BCUT2D eigenvalue weighted by atomic mass is 127. The molecule has 10 heteroatoms. The van der Waals surface area contributed by atoms with E-state index in [9.17, 15) is 4.79 Å². The maximum atomic E-state index is 11.7.